The van der Waals surface area contributed by atoms with Gasteiger partial charge in [0.15, 0.2) is 5.60 Å². The maximum Gasteiger partial charge on any atom is 0.416 e. The molecule has 34 heavy (non-hydrogen) atoms. The fourth-order valence-electron chi connectivity index (χ4n) is 3.90. The number of methoxy groups -OCH3 is 3. The molecule has 2 atom stereocenters. The molecule has 0 aromatic heterocycles. The van der Waals surface area contributed by atoms with Crippen molar-refractivity contribution in [3.05, 3.63) is 57.7 Å². The number of benzene rings is 1. The lowest BCUT2D eigenvalue weighted by atomic mass is 9.79. The van der Waals surface area contributed by atoms with Crippen LogP contribution in [0.5, 0.6) is 0 Å². The van der Waals surface area contributed by atoms with Gasteiger partial charge in [0.1, 0.15) is 0 Å². The molecule has 0 saturated carbocycles. The zero-order valence-electron chi connectivity index (χ0n) is 19.7. The molecule has 190 valence electrons. The van der Waals surface area contributed by atoms with Gasteiger partial charge in [0.25, 0.3) is 0 Å². The molecule has 12 heteroatoms. The molecule has 0 amide bonds. The minimum absolute atomic E-state index is 0.0119. The minimum atomic E-state index is -4.79. The first kappa shape index (κ1) is 28.1. The average Bonchev–Trinajstić information content (AvgIpc) is 2.80. The Morgan fingerprint density at radius 2 is 1.62 bits per heavy atom. The SMILES string of the molecule is COCCON1C(C)=C([PH2]=O)C(OCCOC)(c2ccccc2C(F)(F)F)C(C(=O)OC)=C1C. The van der Waals surface area contributed by atoms with E-state index in [-0.39, 0.29) is 54.3 Å². The molecule has 0 saturated heterocycles. The van der Waals surface area contributed by atoms with Gasteiger partial charge in [0.2, 0.25) is 0 Å². The van der Waals surface area contributed by atoms with E-state index < -0.39 is 31.8 Å². The second kappa shape index (κ2) is 12.0. The molecule has 1 heterocycles. The van der Waals surface area contributed by atoms with Crippen LogP contribution in [0.1, 0.15) is 25.0 Å². The van der Waals surface area contributed by atoms with Crippen LogP contribution >= 0.6 is 8.46 Å². The summed E-state index contributed by atoms with van der Waals surface area (Å²) in [5, 5.41) is 1.21. The highest BCUT2D eigenvalue weighted by Gasteiger charge is 2.54. The van der Waals surface area contributed by atoms with Crippen LogP contribution < -0.4 is 0 Å². The monoisotopic (exact) mass is 507 g/mol. The van der Waals surface area contributed by atoms with Gasteiger partial charge >= 0.3 is 12.1 Å². The molecule has 1 aromatic carbocycles. The number of halogens is 3. The van der Waals surface area contributed by atoms with E-state index >= 15 is 0 Å². The number of carbonyl (C=O) groups excluding carboxylic acids is 1. The topological polar surface area (TPSA) is 83.5 Å². The smallest absolute Gasteiger partial charge is 0.416 e. The number of rotatable bonds is 11. The third-order valence-corrected chi connectivity index (χ3v) is 6.39. The van der Waals surface area contributed by atoms with Gasteiger partial charge in [-0.15, -0.1) is 0 Å². The number of hydroxylamine groups is 2. The lowest BCUT2D eigenvalue weighted by Gasteiger charge is -2.44. The molecule has 0 radical (unpaired) electrons. The average molecular weight is 507 g/mol. The number of carbonyl (C=O) groups is 1. The molecule has 0 spiro atoms. The molecule has 0 fully saturated rings. The summed E-state index contributed by atoms with van der Waals surface area (Å²) in [6, 6.07) is 4.71. The molecule has 2 rings (SSSR count). The lowest BCUT2D eigenvalue weighted by Crippen LogP contribution is -2.46. The molecule has 0 N–H and O–H groups in total. The predicted molar refractivity (Wildman–Crippen MR) is 118 cm³/mol. The fraction of sp³-hybridized carbons (Fsp3) is 0.500. The molecule has 1 aromatic rings. The maximum atomic E-state index is 14.1. The van der Waals surface area contributed by atoms with Crippen molar-refractivity contribution in [1.82, 2.24) is 5.06 Å². The van der Waals surface area contributed by atoms with Crippen molar-refractivity contribution in [1.29, 1.82) is 0 Å². The van der Waals surface area contributed by atoms with Crippen LogP contribution in [-0.2, 0) is 44.9 Å². The standard InChI is InChI=1S/C22H29F3NO7P/c1-14-18(20(27)31-5)21(32-12-10-29-3,16-8-6-7-9-17(16)22(23,24)25)19(34-28)15(2)26(14)33-13-11-30-4/h6-9H,10-13,34H2,1-5H3. The summed E-state index contributed by atoms with van der Waals surface area (Å²) in [5.74, 6) is -0.954. The first-order chi connectivity index (χ1) is 16.1. The minimum Gasteiger partial charge on any atom is -0.466 e. The van der Waals surface area contributed by atoms with E-state index in [1.165, 1.54) is 51.3 Å². The number of nitrogens with zero attached hydrogens (tertiary/aromatic N) is 1. The molecule has 1 aliphatic rings. The summed E-state index contributed by atoms with van der Waals surface area (Å²) < 4.78 is 76.1. The van der Waals surface area contributed by atoms with E-state index in [1.807, 2.05) is 0 Å². The normalized spacial score (nSPS) is 19.5. The Kier molecular flexibility index (Phi) is 9.90. The van der Waals surface area contributed by atoms with Gasteiger partial charge in [-0.05, 0) is 19.9 Å². The van der Waals surface area contributed by atoms with E-state index in [1.54, 1.807) is 0 Å². The first-order valence-electron chi connectivity index (χ1n) is 10.3. The van der Waals surface area contributed by atoms with Crippen LogP contribution in [0.15, 0.2) is 46.5 Å². The zero-order chi connectivity index (χ0) is 25.5. The Hall–Kier alpha value is -2.17. The Morgan fingerprint density at radius 3 is 2.18 bits per heavy atom. The molecule has 8 nitrogen and oxygen atoms in total. The summed E-state index contributed by atoms with van der Waals surface area (Å²) >= 11 is 0. The molecule has 0 bridgehead atoms. The second-order valence-corrected chi connectivity index (χ2v) is 8.07. The lowest BCUT2D eigenvalue weighted by molar-refractivity contribution is -0.150. The Balaban J connectivity index is 2.96. The van der Waals surface area contributed by atoms with Gasteiger partial charge in [-0.3, -0.25) is 4.84 Å². The summed E-state index contributed by atoms with van der Waals surface area (Å²) in [5.41, 5.74) is -3.47. The van der Waals surface area contributed by atoms with E-state index in [4.69, 9.17) is 23.8 Å². The van der Waals surface area contributed by atoms with Gasteiger partial charge in [-0.2, -0.15) is 13.2 Å². The highest BCUT2D eigenvalue weighted by molar-refractivity contribution is 7.29. The van der Waals surface area contributed by atoms with Crippen LogP contribution in [0, 0.1) is 0 Å². The van der Waals surface area contributed by atoms with Crippen molar-refractivity contribution in [2.75, 3.05) is 47.8 Å². The zero-order valence-corrected chi connectivity index (χ0v) is 20.8. The van der Waals surface area contributed by atoms with Crippen molar-refractivity contribution in [2.24, 2.45) is 0 Å². The van der Waals surface area contributed by atoms with Gasteiger partial charge in [-0.25, -0.2) is 9.86 Å². The van der Waals surface area contributed by atoms with Crippen molar-refractivity contribution in [2.45, 2.75) is 25.6 Å². The van der Waals surface area contributed by atoms with E-state index in [0.29, 0.717) is 0 Å². The van der Waals surface area contributed by atoms with Crippen molar-refractivity contribution < 1.29 is 46.3 Å². The Morgan fingerprint density at radius 1 is 1.00 bits per heavy atom. The highest BCUT2D eigenvalue weighted by Crippen LogP contribution is 2.54. The number of esters is 1. The third kappa shape index (κ3) is 5.39. The van der Waals surface area contributed by atoms with Crippen molar-refractivity contribution >= 4 is 14.4 Å². The number of allylic oxidation sites excluding steroid dienone is 2. The maximum absolute atomic E-state index is 14.1. The van der Waals surface area contributed by atoms with E-state index in [0.717, 1.165) is 13.2 Å². The van der Waals surface area contributed by atoms with Gasteiger partial charge in [0, 0.05) is 25.1 Å². The predicted octanol–water partition coefficient (Wildman–Crippen LogP) is 3.89. The van der Waals surface area contributed by atoms with E-state index in [9.17, 15) is 22.5 Å². The fourth-order valence-corrected chi connectivity index (χ4v) is 4.73. The van der Waals surface area contributed by atoms with Crippen molar-refractivity contribution in [3.63, 3.8) is 0 Å². The van der Waals surface area contributed by atoms with Crippen LogP contribution in [0.25, 0.3) is 0 Å². The molecular formula is C22H29F3NO7P. The highest BCUT2D eigenvalue weighted by atomic mass is 31.1. The summed E-state index contributed by atoms with van der Waals surface area (Å²) in [4.78, 5) is 18.8. The van der Waals surface area contributed by atoms with Crippen LogP contribution in [-0.4, -0.2) is 58.8 Å². The molecule has 0 aliphatic carbocycles. The van der Waals surface area contributed by atoms with Crippen LogP contribution in [0.2, 0.25) is 0 Å². The largest absolute Gasteiger partial charge is 0.466 e. The van der Waals surface area contributed by atoms with Gasteiger partial charge in [-0.1, -0.05) is 18.2 Å². The molecular weight excluding hydrogens is 478 g/mol. The number of alkyl halides is 3. The van der Waals surface area contributed by atoms with Crippen LogP contribution in [0.3, 0.4) is 0 Å². The summed E-state index contributed by atoms with van der Waals surface area (Å²) in [6.07, 6.45) is -4.79. The summed E-state index contributed by atoms with van der Waals surface area (Å²) in [6.45, 7) is 3.11. The van der Waals surface area contributed by atoms with Gasteiger partial charge < -0.3 is 23.5 Å². The Bertz CT molecular complexity index is 964. The molecule has 1 aliphatic heterocycles. The van der Waals surface area contributed by atoms with Gasteiger partial charge in [0.05, 0.1) is 64.5 Å². The van der Waals surface area contributed by atoms with E-state index in [2.05, 4.69) is 0 Å². The number of hydrogen-bond donors (Lipinski definition) is 0. The molecule has 2 unspecified atom stereocenters. The first-order valence-corrected chi connectivity index (χ1v) is 11.3. The van der Waals surface area contributed by atoms with Crippen molar-refractivity contribution in [3.8, 4) is 0 Å². The number of ether oxygens (including phenoxy) is 4. The summed E-state index contributed by atoms with van der Waals surface area (Å²) in [7, 11) is 2.09. The number of hydrogen-bond acceptors (Lipinski definition) is 8. The second-order valence-electron chi connectivity index (χ2n) is 7.26. The van der Waals surface area contributed by atoms with Crippen LogP contribution in [0.4, 0.5) is 13.2 Å². The quantitative estimate of drug-likeness (QED) is 0.254. The Labute approximate surface area is 197 Å². The third-order valence-electron chi connectivity index (χ3n) is 5.33.